The summed E-state index contributed by atoms with van der Waals surface area (Å²) in [6.45, 7) is -1.11. The number of anilines is 1. The van der Waals surface area contributed by atoms with Crippen molar-refractivity contribution in [1.82, 2.24) is 0 Å². The maximum absolute atomic E-state index is 11.9. The summed E-state index contributed by atoms with van der Waals surface area (Å²) in [7, 11) is 0. The quantitative estimate of drug-likeness (QED) is 0.816. The van der Waals surface area contributed by atoms with E-state index in [1.54, 1.807) is 12.1 Å². The van der Waals surface area contributed by atoms with Gasteiger partial charge in [-0.05, 0) is 24.3 Å². The molecule has 0 unspecified atom stereocenters. The molecule has 0 aromatic heterocycles. The summed E-state index contributed by atoms with van der Waals surface area (Å²) in [5.41, 5.74) is 0.564. The van der Waals surface area contributed by atoms with Crippen LogP contribution in [0.3, 0.4) is 0 Å². The van der Waals surface area contributed by atoms with Gasteiger partial charge in [-0.2, -0.15) is 8.78 Å². The van der Waals surface area contributed by atoms with Crippen LogP contribution in [0.1, 0.15) is 0 Å². The Balaban J connectivity index is 1.86. The third kappa shape index (κ3) is 3.08. The topological polar surface area (TPSA) is 50.7 Å². The second-order valence-electron chi connectivity index (χ2n) is 4.41. The molecule has 1 aliphatic rings. The van der Waals surface area contributed by atoms with Gasteiger partial charge in [0.15, 0.2) is 0 Å². The van der Waals surface area contributed by atoms with E-state index >= 15 is 0 Å². The zero-order chi connectivity index (χ0) is 13.0. The van der Waals surface area contributed by atoms with E-state index in [0.717, 1.165) is 5.69 Å². The molecule has 0 saturated carbocycles. The van der Waals surface area contributed by atoms with Crippen LogP contribution in [0.2, 0.25) is 0 Å². The summed E-state index contributed by atoms with van der Waals surface area (Å²) in [4.78, 5) is 0. The van der Waals surface area contributed by atoms with Crippen LogP contribution in [0.15, 0.2) is 24.3 Å². The van der Waals surface area contributed by atoms with Crippen molar-refractivity contribution < 1.29 is 23.4 Å². The molecular weight excluding hydrogens is 244 g/mol. The normalized spacial score (nSPS) is 17.3. The maximum Gasteiger partial charge on any atom is 0.387 e. The third-order valence-electron chi connectivity index (χ3n) is 2.90. The fourth-order valence-electron chi connectivity index (χ4n) is 1.68. The van der Waals surface area contributed by atoms with E-state index in [4.69, 9.17) is 4.74 Å². The monoisotopic (exact) mass is 259 g/mol. The Morgan fingerprint density at radius 1 is 1.33 bits per heavy atom. The van der Waals surface area contributed by atoms with Crippen LogP contribution in [0, 0.1) is 5.41 Å². The van der Waals surface area contributed by atoms with Gasteiger partial charge in [0.1, 0.15) is 5.75 Å². The van der Waals surface area contributed by atoms with Gasteiger partial charge in [-0.25, -0.2) is 0 Å². The van der Waals surface area contributed by atoms with Crippen LogP contribution < -0.4 is 10.1 Å². The summed E-state index contributed by atoms with van der Waals surface area (Å²) in [6, 6.07) is 6.25. The smallest absolute Gasteiger partial charge is 0.387 e. The average molecular weight is 259 g/mol. The lowest BCUT2D eigenvalue weighted by molar-refractivity contribution is -0.128. The molecule has 1 aromatic carbocycles. The molecule has 1 saturated heterocycles. The zero-order valence-electron chi connectivity index (χ0n) is 9.73. The summed E-state index contributed by atoms with van der Waals surface area (Å²) in [5, 5.41) is 12.4. The number of alkyl halides is 2. The lowest BCUT2D eigenvalue weighted by atomic mass is 9.87. The Morgan fingerprint density at radius 3 is 2.44 bits per heavy atom. The first-order valence-electron chi connectivity index (χ1n) is 5.61. The van der Waals surface area contributed by atoms with Gasteiger partial charge in [0.05, 0.1) is 25.2 Å². The Hall–Kier alpha value is -1.40. The minimum Gasteiger partial charge on any atom is -0.435 e. The van der Waals surface area contributed by atoms with Crippen LogP contribution in [0.5, 0.6) is 5.75 Å². The minimum atomic E-state index is -2.81. The van der Waals surface area contributed by atoms with Crippen LogP contribution >= 0.6 is 0 Å². The van der Waals surface area contributed by atoms with Gasteiger partial charge in [0, 0.05) is 12.2 Å². The standard InChI is InChI=1S/C12H15F2NO3/c13-11(14)18-10-3-1-9(2-4-10)15-5-12(6-16)7-17-8-12/h1-4,11,15-16H,5-8H2. The molecular formula is C12H15F2NO3. The summed E-state index contributed by atoms with van der Waals surface area (Å²) >= 11 is 0. The number of aliphatic hydroxyl groups excluding tert-OH is 1. The highest BCUT2D eigenvalue weighted by Gasteiger charge is 2.37. The maximum atomic E-state index is 11.9. The Bertz CT molecular complexity index is 374. The Kier molecular flexibility index (Phi) is 3.98. The second-order valence-corrected chi connectivity index (χ2v) is 4.41. The molecule has 0 atom stereocenters. The fraction of sp³-hybridized carbons (Fsp3) is 0.500. The first-order valence-corrected chi connectivity index (χ1v) is 5.61. The lowest BCUT2D eigenvalue weighted by Crippen LogP contribution is -2.50. The van der Waals surface area contributed by atoms with Crippen molar-refractivity contribution in [3.05, 3.63) is 24.3 Å². The van der Waals surface area contributed by atoms with Gasteiger partial charge in [-0.15, -0.1) is 0 Å². The molecule has 0 aliphatic carbocycles. The molecule has 1 fully saturated rings. The number of halogens is 2. The van der Waals surface area contributed by atoms with Crippen molar-refractivity contribution in [2.75, 3.05) is 31.7 Å². The van der Waals surface area contributed by atoms with Gasteiger partial charge in [0.2, 0.25) is 0 Å². The van der Waals surface area contributed by atoms with E-state index in [0.29, 0.717) is 19.8 Å². The zero-order valence-corrected chi connectivity index (χ0v) is 9.73. The van der Waals surface area contributed by atoms with Crippen LogP contribution in [-0.4, -0.2) is 38.1 Å². The van der Waals surface area contributed by atoms with Crippen molar-refractivity contribution in [2.45, 2.75) is 6.61 Å². The summed E-state index contributed by atoms with van der Waals surface area (Å²) < 4.78 is 33.2. The van der Waals surface area contributed by atoms with E-state index < -0.39 is 6.61 Å². The van der Waals surface area contributed by atoms with E-state index in [9.17, 15) is 13.9 Å². The van der Waals surface area contributed by atoms with Gasteiger partial charge in [-0.3, -0.25) is 0 Å². The van der Waals surface area contributed by atoms with Crippen molar-refractivity contribution in [2.24, 2.45) is 5.41 Å². The highest BCUT2D eigenvalue weighted by molar-refractivity contribution is 5.46. The van der Waals surface area contributed by atoms with Crippen LogP contribution in [0.4, 0.5) is 14.5 Å². The molecule has 0 bridgehead atoms. The van der Waals surface area contributed by atoms with Gasteiger partial charge < -0.3 is 19.9 Å². The average Bonchev–Trinajstić information content (AvgIpc) is 2.30. The molecule has 0 radical (unpaired) electrons. The number of rotatable bonds is 6. The van der Waals surface area contributed by atoms with E-state index in [-0.39, 0.29) is 17.8 Å². The molecule has 2 rings (SSSR count). The van der Waals surface area contributed by atoms with E-state index in [2.05, 4.69) is 10.1 Å². The molecule has 2 N–H and O–H groups in total. The number of aliphatic hydroxyl groups is 1. The molecule has 0 amide bonds. The molecule has 6 heteroatoms. The van der Waals surface area contributed by atoms with E-state index in [1.165, 1.54) is 12.1 Å². The SMILES string of the molecule is OCC1(CNc2ccc(OC(F)F)cc2)COC1. The fourth-order valence-corrected chi connectivity index (χ4v) is 1.68. The van der Waals surface area contributed by atoms with Gasteiger partial charge >= 0.3 is 6.61 Å². The number of nitrogens with one attached hydrogen (secondary N) is 1. The molecule has 0 spiro atoms. The highest BCUT2D eigenvalue weighted by atomic mass is 19.3. The molecule has 1 aromatic rings. The van der Waals surface area contributed by atoms with Crippen molar-refractivity contribution in [1.29, 1.82) is 0 Å². The first-order chi connectivity index (χ1) is 8.63. The van der Waals surface area contributed by atoms with Gasteiger partial charge in [-0.1, -0.05) is 0 Å². The first kappa shape index (κ1) is 13.0. The predicted octanol–water partition coefficient (Wildman–Crippen LogP) is 1.71. The summed E-state index contributed by atoms with van der Waals surface area (Å²) in [6.07, 6.45) is 0. The van der Waals surface area contributed by atoms with Crippen LogP contribution in [-0.2, 0) is 4.74 Å². The van der Waals surface area contributed by atoms with E-state index in [1.807, 2.05) is 0 Å². The van der Waals surface area contributed by atoms with Crippen LogP contribution in [0.25, 0.3) is 0 Å². The molecule has 1 heterocycles. The lowest BCUT2D eigenvalue weighted by Gasteiger charge is -2.40. The van der Waals surface area contributed by atoms with Crippen molar-refractivity contribution in [3.8, 4) is 5.75 Å². The highest BCUT2D eigenvalue weighted by Crippen LogP contribution is 2.27. The largest absolute Gasteiger partial charge is 0.435 e. The van der Waals surface area contributed by atoms with Gasteiger partial charge in [0.25, 0.3) is 0 Å². The third-order valence-corrected chi connectivity index (χ3v) is 2.90. The van der Waals surface area contributed by atoms with Crippen molar-refractivity contribution in [3.63, 3.8) is 0 Å². The molecule has 100 valence electrons. The van der Waals surface area contributed by atoms with Crippen molar-refractivity contribution >= 4 is 5.69 Å². The molecule has 18 heavy (non-hydrogen) atoms. The second kappa shape index (κ2) is 5.49. The molecule has 1 aliphatic heterocycles. The number of hydrogen-bond acceptors (Lipinski definition) is 4. The number of hydrogen-bond donors (Lipinski definition) is 2. The number of benzene rings is 1. The number of ether oxygens (including phenoxy) is 2. The summed E-state index contributed by atoms with van der Waals surface area (Å²) in [5.74, 6) is 0.124. The Morgan fingerprint density at radius 2 is 2.00 bits per heavy atom. The predicted molar refractivity (Wildman–Crippen MR) is 61.9 cm³/mol. The minimum absolute atomic E-state index is 0.0621. The Labute approximate surface area is 104 Å². The molecule has 4 nitrogen and oxygen atoms in total.